The summed E-state index contributed by atoms with van der Waals surface area (Å²) in [6.07, 6.45) is 1.57. The van der Waals surface area contributed by atoms with E-state index in [-0.39, 0.29) is 41.7 Å². The van der Waals surface area contributed by atoms with Crippen LogP contribution in [0.2, 0.25) is 0 Å². The van der Waals surface area contributed by atoms with Crippen LogP contribution in [0.1, 0.15) is 40.0 Å². The Kier molecular flexibility index (Phi) is 5.62. The molecule has 2 aliphatic heterocycles. The third-order valence-electron chi connectivity index (χ3n) is 4.25. The average molecular weight is 325 g/mol. The first-order valence-corrected chi connectivity index (χ1v) is 8.26. The van der Waals surface area contributed by atoms with Gasteiger partial charge in [-0.25, -0.2) is 0 Å². The highest BCUT2D eigenvalue weighted by Gasteiger charge is 2.39. The van der Waals surface area contributed by atoms with Gasteiger partial charge in [-0.15, -0.1) is 0 Å². The van der Waals surface area contributed by atoms with E-state index in [9.17, 15) is 14.4 Å². The van der Waals surface area contributed by atoms with Gasteiger partial charge in [0.2, 0.25) is 17.7 Å². The first kappa shape index (κ1) is 17.7. The quantitative estimate of drug-likeness (QED) is 0.699. The largest absolute Gasteiger partial charge is 0.368 e. The molecule has 0 aromatic heterocycles. The molecule has 2 N–H and O–H groups in total. The molecule has 7 heteroatoms. The van der Waals surface area contributed by atoms with Gasteiger partial charge in [0.1, 0.15) is 6.10 Å². The average Bonchev–Trinajstić information content (AvgIpc) is 3.11. The van der Waals surface area contributed by atoms with E-state index in [1.165, 1.54) is 0 Å². The van der Waals surface area contributed by atoms with Gasteiger partial charge in [0, 0.05) is 38.2 Å². The second kappa shape index (κ2) is 7.29. The highest BCUT2D eigenvalue weighted by molar-refractivity contribution is 5.89. The zero-order valence-electron chi connectivity index (χ0n) is 14.2. The Labute approximate surface area is 137 Å². The van der Waals surface area contributed by atoms with Crippen molar-refractivity contribution in [1.82, 2.24) is 15.5 Å². The van der Waals surface area contributed by atoms with E-state index in [0.29, 0.717) is 26.2 Å². The standard InChI is InChI=1S/C16H27N3O4/c1-16(2,3)19-10-11(9-13(19)20)14(21)17-6-7-18-15(22)12-5-4-8-23-12/h11-12H,4-10H2,1-3H3,(H,17,21)(H,18,22). The number of hydrogen-bond acceptors (Lipinski definition) is 4. The van der Waals surface area contributed by atoms with Crippen molar-refractivity contribution in [3.8, 4) is 0 Å². The van der Waals surface area contributed by atoms with Crippen molar-refractivity contribution < 1.29 is 19.1 Å². The lowest BCUT2D eigenvalue weighted by atomic mass is 10.1. The van der Waals surface area contributed by atoms with Crippen LogP contribution in [0, 0.1) is 5.92 Å². The topological polar surface area (TPSA) is 87.7 Å². The Balaban J connectivity index is 1.67. The molecule has 2 unspecified atom stereocenters. The van der Waals surface area contributed by atoms with Crippen molar-refractivity contribution in [1.29, 1.82) is 0 Å². The molecule has 23 heavy (non-hydrogen) atoms. The number of rotatable bonds is 5. The number of hydrogen-bond donors (Lipinski definition) is 2. The molecule has 2 heterocycles. The van der Waals surface area contributed by atoms with Gasteiger partial charge in [-0.1, -0.05) is 0 Å². The summed E-state index contributed by atoms with van der Waals surface area (Å²) in [5.41, 5.74) is -0.263. The Hall–Kier alpha value is -1.63. The molecule has 3 amide bonds. The molecule has 130 valence electrons. The fourth-order valence-corrected chi connectivity index (χ4v) is 2.95. The zero-order valence-corrected chi connectivity index (χ0v) is 14.2. The molecule has 0 aliphatic carbocycles. The van der Waals surface area contributed by atoms with Crippen LogP contribution >= 0.6 is 0 Å². The maximum atomic E-state index is 12.1. The van der Waals surface area contributed by atoms with Crippen molar-refractivity contribution in [3.05, 3.63) is 0 Å². The number of ether oxygens (including phenoxy) is 1. The van der Waals surface area contributed by atoms with E-state index in [1.807, 2.05) is 20.8 Å². The molecular weight excluding hydrogens is 298 g/mol. The fraction of sp³-hybridized carbons (Fsp3) is 0.812. The molecule has 0 aromatic carbocycles. The van der Waals surface area contributed by atoms with Gasteiger partial charge >= 0.3 is 0 Å². The van der Waals surface area contributed by atoms with Gasteiger partial charge in [-0.3, -0.25) is 14.4 Å². The van der Waals surface area contributed by atoms with Crippen LogP contribution in [0.3, 0.4) is 0 Å². The monoisotopic (exact) mass is 325 g/mol. The minimum atomic E-state index is -0.349. The summed E-state index contributed by atoms with van der Waals surface area (Å²) in [6.45, 7) is 7.71. The minimum absolute atomic E-state index is 0.0179. The molecule has 2 rings (SSSR count). The maximum absolute atomic E-state index is 12.1. The molecule has 0 radical (unpaired) electrons. The lowest BCUT2D eigenvalue weighted by Gasteiger charge is -2.31. The van der Waals surface area contributed by atoms with Crippen LogP contribution in [0.4, 0.5) is 0 Å². The van der Waals surface area contributed by atoms with Crippen LogP contribution in [0.15, 0.2) is 0 Å². The van der Waals surface area contributed by atoms with Crippen LogP contribution < -0.4 is 10.6 Å². The SMILES string of the molecule is CC(C)(C)N1CC(C(=O)NCCNC(=O)C2CCCO2)CC1=O. The summed E-state index contributed by atoms with van der Waals surface area (Å²) < 4.78 is 5.29. The number of amides is 3. The first-order chi connectivity index (χ1) is 10.8. The molecule has 2 fully saturated rings. The lowest BCUT2D eigenvalue weighted by Crippen LogP contribution is -2.44. The summed E-state index contributed by atoms with van der Waals surface area (Å²) in [5.74, 6) is -0.539. The molecule has 0 aromatic rings. The molecule has 2 aliphatic rings. The summed E-state index contributed by atoms with van der Waals surface area (Å²) >= 11 is 0. The van der Waals surface area contributed by atoms with Crippen molar-refractivity contribution in [3.63, 3.8) is 0 Å². The second-order valence-corrected chi connectivity index (χ2v) is 7.16. The fourth-order valence-electron chi connectivity index (χ4n) is 2.95. The molecule has 2 atom stereocenters. The second-order valence-electron chi connectivity index (χ2n) is 7.16. The van der Waals surface area contributed by atoms with Crippen molar-refractivity contribution >= 4 is 17.7 Å². The van der Waals surface area contributed by atoms with Crippen molar-refractivity contribution in [2.24, 2.45) is 5.92 Å². The highest BCUT2D eigenvalue weighted by Crippen LogP contribution is 2.25. The predicted octanol–water partition coefficient (Wildman–Crippen LogP) is 0.0448. The van der Waals surface area contributed by atoms with Crippen LogP contribution in [-0.2, 0) is 19.1 Å². The van der Waals surface area contributed by atoms with Gasteiger partial charge in [0.15, 0.2) is 0 Å². The summed E-state index contributed by atoms with van der Waals surface area (Å²) in [5, 5.41) is 5.55. The molecule has 2 saturated heterocycles. The van der Waals surface area contributed by atoms with Crippen LogP contribution in [0.5, 0.6) is 0 Å². The Morgan fingerprint density at radius 3 is 2.39 bits per heavy atom. The molecular formula is C16H27N3O4. The number of carbonyl (C=O) groups excluding carboxylic acids is 3. The van der Waals surface area contributed by atoms with Crippen LogP contribution in [-0.4, -0.2) is 60.5 Å². The van der Waals surface area contributed by atoms with Gasteiger partial charge in [-0.05, 0) is 33.6 Å². The van der Waals surface area contributed by atoms with E-state index in [4.69, 9.17) is 4.74 Å². The molecule has 7 nitrogen and oxygen atoms in total. The van der Waals surface area contributed by atoms with Crippen molar-refractivity contribution in [2.75, 3.05) is 26.2 Å². The highest BCUT2D eigenvalue weighted by atomic mass is 16.5. The third kappa shape index (κ3) is 4.67. The molecule has 0 saturated carbocycles. The number of nitrogens with zero attached hydrogens (tertiary/aromatic N) is 1. The van der Waals surface area contributed by atoms with Gasteiger partial charge in [-0.2, -0.15) is 0 Å². The van der Waals surface area contributed by atoms with E-state index >= 15 is 0 Å². The predicted molar refractivity (Wildman–Crippen MR) is 84.6 cm³/mol. The van der Waals surface area contributed by atoms with Gasteiger partial charge in [0.25, 0.3) is 0 Å². The summed E-state index contributed by atoms with van der Waals surface area (Å²) in [7, 11) is 0. The van der Waals surface area contributed by atoms with Gasteiger partial charge in [0.05, 0.1) is 5.92 Å². The Morgan fingerprint density at radius 1 is 1.22 bits per heavy atom. The minimum Gasteiger partial charge on any atom is -0.368 e. The third-order valence-corrected chi connectivity index (χ3v) is 4.25. The zero-order chi connectivity index (χ0) is 17.0. The van der Waals surface area contributed by atoms with E-state index in [1.54, 1.807) is 4.90 Å². The molecule has 0 spiro atoms. The number of carbonyl (C=O) groups is 3. The lowest BCUT2D eigenvalue weighted by molar-refractivity contribution is -0.132. The van der Waals surface area contributed by atoms with E-state index < -0.39 is 0 Å². The van der Waals surface area contributed by atoms with E-state index in [2.05, 4.69) is 10.6 Å². The Morgan fingerprint density at radius 2 is 1.87 bits per heavy atom. The van der Waals surface area contributed by atoms with Gasteiger partial charge < -0.3 is 20.3 Å². The van der Waals surface area contributed by atoms with Crippen LogP contribution in [0.25, 0.3) is 0 Å². The molecule has 0 bridgehead atoms. The number of likely N-dealkylation sites (tertiary alicyclic amines) is 1. The Bertz CT molecular complexity index is 466. The summed E-state index contributed by atoms with van der Waals surface area (Å²) in [6, 6.07) is 0. The smallest absolute Gasteiger partial charge is 0.249 e. The number of nitrogens with one attached hydrogen (secondary N) is 2. The van der Waals surface area contributed by atoms with E-state index in [0.717, 1.165) is 12.8 Å². The van der Waals surface area contributed by atoms with Crippen molar-refractivity contribution in [2.45, 2.75) is 51.7 Å². The summed E-state index contributed by atoms with van der Waals surface area (Å²) in [4.78, 5) is 37.6. The maximum Gasteiger partial charge on any atom is 0.249 e. The first-order valence-electron chi connectivity index (χ1n) is 8.26. The normalized spacial score (nSPS) is 24.8.